The Hall–Kier alpha value is -1.07. The van der Waals surface area contributed by atoms with Gasteiger partial charge in [-0.15, -0.1) is 11.6 Å². The number of aryl methyl sites for hydroxylation is 1. The van der Waals surface area contributed by atoms with Crippen molar-refractivity contribution in [1.82, 2.24) is 5.32 Å². The molecule has 1 rings (SSSR count). The lowest BCUT2D eigenvalue weighted by Crippen LogP contribution is -2.33. The molecule has 1 aromatic carbocycles. The Bertz CT molecular complexity index is 437. The number of amides is 2. The zero-order valence-electron chi connectivity index (χ0n) is 9.22. The molecule has 0 atom stereocenters. The number of carbonyl (C=O) groups excluding carboxylic acids is 2. The van der Waals surface area contributed by atoms with Crippen molar-refractivity contribution in [1.29, 1.82) is 0 Å². The lowest BCUT2D eigenvalue weighted by atomic mass is 10.2. The summed E-state index contributed by atoms with van der Waals surface area (Å²) in [5.74, 6) is -0.798. The minimum Gasteiger partial charge on any atom is -0.346 e. The third-order valence-electron chi connectivity index (χ3n) is 2.03. The van der Waals surface area contributed by atoms with Crippen molar-refractivity contribution in [3.8, 4) is 0 Å². The Morgan fingerprint density at radius 3 is 2.65 bits per heavy atom. The maximum Gasteiger partial charge on any atom is 0.243 e. The normalized spacial score (nSPS) is 9.82. The second-order valence-corrected chi connectivity index (χ2v) is 4.60. The van der Waals surface area contributed by atoms with Gasteiger partial charge in [0.25, 0.3) is 0 Å². The van der Waals surface area contributed by atoms with Crippen LogP contribution in [0.1, 0.15) is 5.56 Å². The number of nitrogens with one attached hydrogen (secondary N) is 2. The van der Waals surface area contributed by atoms with E-state index in [4.69, 9.17) is 11.6 Å². The van der Waals surface area contributed by atoms with E-state index in [1.807, 2.05) is 19.1 Å². The zero-order valence-corrected chi connectivity index (χ0v) is 11.6. The smallest absolute Gasteiger partial charge is 0.243 e. The Morgan fingerprint density at radius 1 is 1.35 bits per heavy atom. The fourth-order valence-corrected chi connectivity index (χ4v) is 1.76. The summed E-state index contributed by atoms with van der Waals surface area (Å²) in [6.07, 6.45) is 0. The molecule has 17 heavy (non-hydrogen) atoms. The Morgan fingerprint density at radius 2 is 2.06 bits per heavy atom. The van der Waals surface area contributed by atoms with E-state index < -0.39 is 0 Å². The minimum atomic E-state index is -0.366. The highest BCUT2D eigenvalue weighted by atomic mass is 79.9. The second-order valence-electron chi connectivity index (χ2n) is 3.42. The summed E-state index contributed by atoms with van der Waals surface area (Å²) >= 11 is 8.63. The fourth-order valence-electron chi connectivity index (χ4n) is 1.19. The molecule has 4 nitrogen and oxygen atoms in total. The minimum absolute atomic E-state index is 0.0823. The van der Waals surface area contributed by atoms with Gasteiger partial charge < -0.3 is 10.6 Å². The van der Waals surface area contributed by atoms with E-state index in [-0.39, 0.29) is 24.2 Å². The summed E-state index contributed by atoms with van der Waals surface area (Å²) in [6, 6.07) is 5.52. The molecule has 0 saturated heterocycles. The molecule has 0 spiro atoms. The van der Waals surface area contributed by atoms with Gasteiger partial charge in [0.1, 0.15) is 5.88 Å². The average molecular weight is 320 g/mol. The van der Waals surface area contributed by atoms with Gasteiger partial charge in [-0.1, -0.05) is 15.9 Å². The van der Waals surface area contributed by atoms with Crippen molar-refractivity contribution in [2.45, 2.75) is 6.92 Å². The van der Waals surface area contributed by atoms with Crippen molar-refractivity contribution < 1.29 is 9.59 Å². The quantitative estimate of drug-likeness (QED) is 0.835. The molecular formula is C11H12BrClN2O2. The largest absolute Gasteiger partial charge is 0.346 e. The highest BCUT2D eigenvalue weighted by Gasteiger charge is 2.06. The van der Waals surface area contributed by atoms with Gasteiger partial charge in [-0.05, 0) is 30.7 Å². The summed E-state index contributed by atoms with van der Waals surface area (Å²) < 4.78 is 0.948. The van der Waals surface area contributed by atoms with Crippen LogP contribution in [0.4, 0.5) is 5.69 Å². The van der Waals surface area contributed by atoms with Gasteiger partial charge in [-0.2, -0.15) is 0 Å². The second kappa shape index (κ2) is 6.61. The van der Waals surface area contributed by atoms with Gasteiger partial charge in [-0.25, -0.2) is 0 Å². The molecular weight excluding hydrogens is 307 g/mol. The van der Waals surface area contributed by atoms with Crippen LogP contribution in [0.25, 0.3) is 0 Å². The van der Waals surface area contributed by atoms with Crippen LogP contribution in [0.15, 0.2) is 22.7 Å². The molecule has 0 aliphatic rings. The number of anilines is 1. The summed E-state index contributed by atoms with van der Waals surface area (Å²) in [4.78, 5) is 22.3. The standard InChI is InChI=1S/C11H12BrClN2O2/c1-7-4-8(12)2-3-9(7)15-11(17)6-14-10(16)5-13/h2-4H,5-6H2,1H3,(H,14,16)(H,15,17). The van der Waals surface area contributed by atoms with Crippen LogP contribution in [-0.2, 0) is 9.59 Å². The highest BCUT2D eigenvalue weighted by Crippen LogP contribution is 2.19. The number of carbonyl (C=O) groups is 2. The van der Waals surface area contributed by atoms with Crippen LogP contribution in [-0.4, -0.2) is 24.2 Å². The molecule has 1 aromatic rings. The molecule has 0 saturated carbocycles. The van der Waals surface area contributed by atoms with E-state index in [2.05, 4.69) is 26.6 Å². The van der Waals surface area contributed by atoms with E-state index in [9.17, 15) is 9.59 Å². The molecule has 0 fully saturated rings. The first kappa shape index (κ1) is 14.0. The fraction of sp³-hybridized carbons (Fsp3) is 0.273. The molecule has 2 amide bonds. The summed E-state index contributed by atoms with van der Waals surface area (Å²) in [6.45, 7) is 1.80. The molecule has 0 aliphatic heterocycles. The van der Waals surface area contributed by atoms with Crippen LogP contribution in [0.2, 0.25) is 0 Å². The van der Waals surface area contributed by atoms with Crippen LogP contribution in [0.5, 0.6) is 0 Å². The molecule has 2 N–H and O–H groups in total. The van der Waals surface area contributed by atoms with Crippen molar-refractivity contribution in [3.05, 3.63) is 28.2 Å². The maximum atomic E-state index is 11.5. The summed E-state index contributed by atoms with van der Waals surface area (Å²) in [7, 11) is 0. The molecule has 0 unspecified atom stereocenters. The predicted octanol–water partition coefficient (Wildman–Crippen LogP) is 2.05. The van der Waals surface area contributed by atoms with Gasteiger partial charge in [0.2, 0.25) is 11.8 Å². The number of hydrogen-bond acceptors (Lipinski definition) is 2. The van der Waals surface area contributed by atoms with Crippen molar-refractivity contribution in [2.75, 3.05) is 17.7 Å². The van der Waals surface area contributed by atoms with Crippen molar-refractivity contribution in [2.24, 2.45) is 0 Å². The number of alkyl halides is 1. The SMILES string of the molecule is Cc1cc(Br)ccc1NC(=O)CNC(=O)CCl. The van der Waals surface area contributed by atoms with E-state index in [1.54, 1.807) is 6.07 Å². The third-order valence-corrected chi connectivity index (χ3v) is 2.77. The lowest BCUT2D eigenvalue weighted by molar-refractivity contribution is -0.122. The first-order valence-electron chi connectivity index (χ1n) is 4.91. The number of rotatable bonds is 4. The summed E-state index contributed by atoms with van der Waals surface area (Å²) in [5.41, 5.74) is 1.66. The van der Waals surface area contributed by atoms with E-state index in [0.29, 0.717) is 0 Å². The topological polar surface area (TPSA) is 58.2 Å². The van der Waals surface area contributed by atoms with E-state index in [0.717, 1.165) is 15.7 Å². The Kier molecular flexibility index (Phi) is 5.44. The summed E-state index contributed by atoms with van der Waals surface area (Å²) in [5, 5.41) is 5.09. The van der Waals surface area contributed by atoms with Gasteiger partial charge >= 0.3 is 0 Å². The molecule has 0 radical (unpaired) electrons. The maximum absolute atomic E-state index is 11.5. The molecule has 92 valence electrons. The van der Waals surface area contributed by atoms with Gasteiger partial charge in [-0.3, -0.25) is 9.59 Å². The molecule has 0 aliphatic carbocycles. The number of hydrogen-bond donors (Lipinski definition) is 2. The first-order valence-corrected chi connectivity index (χ1v) is 6.24. The Labute approximate surface area is 113 Å². The first-order chi connectivity index (χ1) is 8.02. The van der Waals surface area contributed by atoms with Crippen LogP contribution in [0, 0.1) is 6.92 Å². The molecule has 0 heterocycles. The monoisotopic (exact) mass is 318 g/mol. The van der Waals surface area contributed by atoms with Crippen LogP contribution < -0.4 is 10.6 Å². The van der Waals surface area contributed by atoms with Gasteiger partial charge in [0.15, 0.2) is 0 Å². The molecule has 6 heteroatoms. The van der Waals surface area contributed by atoms with Gasteiger partial charge in [0.05, 0.1) is 6.54 Å². The third kappa shape index (κ3) is 4.75. The highest BCUT2D eigenvalue weighted by molar-refractivity contribution is 9.10. The molecule has 0 aromatic heterocycles. The zero-order chi connectivity index (χ0) is 12.8. The number of benzene rings is 1. The van der Waals surface area contributed by atoms with Crippen molar-refractivity contribution in [3.63, 3.8) is 0 Å². The van der Waals surface area contributed by atoms with Crippen LogP contribution >= 0.6 is 27.5 Å². The average Bonchev–Trinajstić information content (AvgIpc) is 2.29. The predicted molar refractivity (Wildman–Crippen MR) is 71.2 cm³/mol. The van der Waals surface area contributed by atoms with Crippen molar-refractivity contribution >= 4 is 45.0 Å². The van der Waals surface area contributed by atoms with E-state index >= 15 is 0 Å². The van der Waals surface area contributed by atoms with E-state index in [1.165, 1.54) is 0 Å². The van der Waals surface area contributed by atoms with Gasteiger partial charge in [0, 0.05) is 10.2 Å². The Balaban J connectivity index is 2.53. The number of halogens is 2. The van der Waals surface area contributed by atoms with Crippen LogP contribution in [0.3, 0.4) is 0 Å². The lowest BCUT2D eigenvalue weighted by Gasteiger charge is -2.09. The molecule has 0 bridgehead atoms.